The molecule has 1 N–H and O–H groups in total. The van der Waals surface area contributed by atoms with Crippen molar-refractivity contribution in [3.63, 3.8) is 0 Å². The van der Waals surface area contributed by atoms with Gasteiger partial charge in [-0.1, -0.05) is 16.6 Å². The predicted molar refractivity (Wildman–Crippen MR) is 83.5 cm³/mol. The topological polar surface area (TPSA) is 75.7 Å². The Hall–Kier alpha value is -1.70. The van der Waals surface area contributed by atoms with Crippen molar-refractivity contribution in [2.45, 2.75) is 24.2 Å². The van der Waals surface area contributed by atoms with Gasteiger partial charge >= 0.3 is 0 Å². The van der Waals surface area contributed by atoms with Crippen LogP contribution in [0.4, 0.5) is 5.69 Å². The number of rotatable bonds is 5. The summed E-state index contributed by atoms with van der Waals surface area (Å²) in [4.78, 5) is 16.9. The molecule has 2 rings (SSSR count). The van der Waals surface area contributed by atoms with Crippen LogP contribution >= 0.6 is 0 Å². The number of nitrogens with one attached hydrogen (secondary N) is 1. The predicted octanol–water partition coefficient (Wildman–Crippen LogP) is 2.16. The van der Waals surface area contributed by atoms with Crippen LogP contribution in [0.1, 0.15) is 19.3 Å². The lowest BCUT2D eigenvalue weighted by Gasteiger charge is -2.17. The van der Waals surface area contributed by atoms with Gasteiger partial charge in [0.05, 0.1) is 12.0 Å². The molecule has 0 heterocycles. The maximum Gasteiger partial charge on any atom is 0.264 e. The van der Waals surface area contributed by atoms with Gasteiger partial charge in [0.2, 0.25) is 5.91 Å². The minimum Gasteiger partial charge on any atom is -0.326 e. The summed E-state index contributed by atoms with van der Waals surface area (Å²) in [7, 11) is -1.06. The highest BCUT2D eigenvalue weighted by Gasteiger charge is 2.21. The van der Waals surface area contributed by atoms with Crippen molar-refractivity contribution in [2.75, 3.05) is 19.5 Å². The molecule has 0 saturated carbocycles. The summed E-state index contributed by atoms with van der Waals surface area (Å²) in [5.41, 5.74) is 0.582. The second-order valence-electron chi connectivity index (χ2n) is 5.09. The molecule has 1 amide bonds. The van der Waals surface area contributed by atoms with Gasteiger partial charge in [-0.3, -0.25) is 9.63 Å². The van der Waals surface area contributed by atoms with Crippen molar-refractivity contribution in [2.24, 2.45) is 5.92 Å². The van der Waals surface area contributed by atoms with Crippen LogP contribution in [-0.2, 0) is 19.7 Å². The standard InChI is InChI=1S/C15H20N2O4S/c1-17(21-2)22(19,20)14-10-8-13(9-11-14)16-15(18)12-6-4-3-5-7-12/h3-4,8-12H,5-7H2,1-2H3,(H,16,18). The number of carbonyl (C=O) groups is 1. The Morgan fingerprint density at radius 1 is 1.27 bits per heavy atom. The molecule has 0 radical (unpaired) electrons. The average Bonchev–Trinajstić information content (AvgIpc) is 2.55. The van der Waals surface area contributed by atoms with E-state index in [0.717, 1.165) is 23.7 Å². The van der Waals surface area contributed by atoms with E-state index in [0.29, 0.717) is 5.69 Å². The van der Waals surface area contributed by atoms with Gasteiger partial charge in [-0.15, -0.1) is 0 Å². The highest BCUT2D eigenvalue weighted by atomic mass is 32.2. The number of anilines is 1. The largest absolute Gasteiger partial charge is 0.326 e. The zero-order chi connectivity index (χ0) is 16.2. The van der Waals surface area contributed by atoms with Crippen molar-refractivity contribution in [1.29, 1.82) is 0 Å². The third-order valence-corrected chi connectivity index (χ3v) is 5.35. The summed E-state index contributed by atoms with van der Waals surface area (Å²) in [5.74, 6) is -0.0537. The monoisotopic (exact) mass is 324 g/mol. The number of carbonyl (C=O) groups excluding carboxylic acids is 1. The summed E-state index contributed by atoms with van der Waals surface area (Å²) in [6.07, 6.45) is 6.60. The lowest BCUT2D eigenvalue weighted by Crippen LogP contribution is -2.26. The van der Waals surface area contributed by atoms with E-state index >= 15 is 0 Å². The third kappa shape index (κ3) is 3.73. The molecule has 0 aliphatic heterocycles. The first kappa shape index (κ1) is 16.7. The third-order valence-electron chi connectivity index (χ3n) is 3.66. The molecule has 1 aromatic carbocycles. The number of allylic oxidation sites excluding steroid dienone is 2. The SMILES string of the molecule is CON(C)S(=O)(=O)c1ccc(NC(=O)C2CC=CCC2)cc1. The molecule has 1 aliphatic carbocycles. The highest BCUT2D eigenvalue weighted by molar-refractivity contribution is 7.89. The number of amides is 1. The molecule has 7 heteroatoms. The lowest BCUT2D eigenvalue weighted by atomic mass is 9.93. The van der Waals surface area contributed by atoms with Gasteiger partial charge in [0.15, 0.2) is 0 Å². The Kier molecular flexibility index (Phi) is 5.33. The van der Waals surface area contributed by atoms with E-state index in [4.69, 9.17) is 4.84 Å². The zero-order valence-corrected chi connectivity index (χ0v) is 13.5. The van der Waals surface area contributed by atoms with Crippen LogP contribution in [0.5, 0.6) is 0 Å². The highest BCUT2D eigenvalue weighted by Crippen LogP contribution is 2.21. The summed E-state index contributed by atoms with van der Waals surface area (Å²) in [6, 6.07) is 6.04. The Balaban J connectivity index is 2.06. The summed E-state index contributed by atoms with van der Waals surface area (Å²) >= 11 is 0. The molecule has 0 spiro atoms. The number of hydroxylamine groups is 1. The van der Waals surface area contributed by atoms with Gasteiger partial charge in [0, 0.05) is 18.7 Å². The molecular formula is C15H20N2O4S. The fourth-order valence-electron chi connectivity index (χ4n) is 2.23. The molecule has 6 nitrogen and oxygen atoms in total. The Morgan fingerprint density at radius 2 is 1.95 bits per heavy atom. The van der Waals surface area contributed by atoms with E-state index in [2.05, 4.69) is 11.4 Å². The van der Waals surface area contributed by atoms with Crippen LogP contribution in [-0.4, -0.2) is 33.0 Å². The number of hydrogen-bond donors (Lipinski definition) is 1. The normalized spacial score (nSPS) is 18.4. The van der Waals surface area contributed by atoms with E-state index in [1.165, 1.54) is 26.3 Å². The Labute approximate surface area is 130 Å². The molecule has 120 valence electrons. The van der Waals surface area contributed by atoms with Crippen LogP contribution in [0.25, 0.3) is 0 Å². The Bertz CT molecular complexity index is 653. The quantitative estimate of drug-likeness (QED) is 0.665. The molecule has 0 bridgehead atoms. The zero-order valence-electron chi connectivity index (χ0n) is 12.7. The van der Waals surface area contributed by atoms with Gasteiger partial charge < -0.3 is 5.32 Å². The van der Waals surface area contributed by atoms with E-state index in [9.17, 15) is 13.2 Å². The Morgan fingerprint density at radius 3 is 2.50 bits per heavy atom. The van der Waals surface area contributed by atoms with Gasteiger partial charge in [-0.25, -0.2) is 8.42 Å². The van der Waals surface area contributed by atoms with Crippen LogP contribution in [0.3, 0.4) is 0 Å². The second-order valence-corrected chi connectivity index (χ2v) is 7.03. The van der Waals surface area contributed by atoms with Gasteiger partial charge in [-0.05, 0) is 43.5 Å². The van der Waals surface area contributed by atoms with E-state index in [1.807, 2.05) is 6.08 Å². The fourth-order valence-corrected chi connectivity index (χ4v) is 3.21. The maximum atomic E-state index is 12.1. The number of benzene rings is 1. The lowest BCUT2D eigenvalue weighted by molar-refractivity contribution is -0.120. The molecule has 1 atom stereocenters. The van der Waals surface area contributed by atoms with E-state index < -0.39 is 10.0 Å². The minimum absolute atomic E-state index is 0.0203. The fraction of sp³-hybridized carbons (Fsp3) is 0.400. The first-order valence-corrected chi connectivity index (χ1v) is 8.48. The smallest absolute Gasteiger partial charge is 0.264 e. The van der Waals surface area contributed by atoms with E-state index in [1.54, 1.807) is 12.1 Å². The van der Waals surface area contributed by atoms with Crippen LogP contribution in [0.2, 0.25) is 0 Å². The molecule has 22 heavy (non-hydrogen) atoms. The first-order chi connectivity index (χ1) is 10.4. The van der Waals surface area contributed by atoms with Gasteiger partial charge in [-0.2, -0.15) is 0 Å². The number of sulfonamides is 1. The summed E-state index contributed by atoms with van der Waals surface area (Å²) < 4.78 is 24.9. The summed E-state index contributed by atoms with van der Waals surface area (Å²) in [6.45, 7) is 0. The minimum atomic E-state index is -3.67. The van der Waals surface area contributed by atoms with Crippen molar-refractivity contribution in [3.05, 3.63) is 36.4 Å². The molecule has 0 fully saturated rings. The molecular weight excluding hydrogens is 304 g/mol. The average molecular weight is 324 g/mol. The number of hydrogen-bond acceptors (Lipinski definition) is 4. The number of nitrogens with zero attached hydrogens (tertiary/aromatic N) is 1. The summed E-state index contributed by atoms with van der Waals surface area (Å²) in [5, 5.41) is 2.82. The van der Waals surface area contributed by atoms with Crippen LogP contribution in [0, 0.1) is 5.92 Å². The van der Waals surface area contributed by atoms with Gasteiger partial charge in [0.1, 0.15) is 0 Å². The first-order valence-electron chi connectivity index (χ1n) is 7.04. The molecule has 0 aromatic heterocycles. The van der Waals surface area contributed by atoms with Gasteiger partial charge in [0.25, 0.3) is 10.0 Å². The second kappa shape index (κ2) is 7.04. The van der Waals surface area contributed by atoms with Crippen molar-refractivity contribution >= 4 is 21.6 Å². The maximum absolute atomic E-state index is 12.1. The molecule has 1 aromatic rings. The van der Waals surface area contributed by atoms with Crippen LogP contribution < -0.4 is 5.32 Å². The van der Waals surface area contributed by atoms with Crippen LogP contribution in [0.15, 0.2) is 41.3 Å². The van der Waals surface area contributed by atoms with Crippen molar-refractivity contribution in [3.8, 4) is 0 Å². The molecule has 1 aliphatic rings. The van der Waals surface area contributed by atoms with E-state index in [-0.39, 0.29) is 16.7 Å². The molecule has 0 saturated heterocycles. The van der Waals surface area contributed by atoms with Crippen molar-refractivity contribution < 1.29 is 18.0 Å². The molecule has 1 unspecified atom stereocenters. The van der Waals surface area contributed by atoms with Crippen molar-refractivity contribution in [1.82, 2.24) is 4.47 Å².